The molecule has 1 aliphatic rings. The number of amides is 2. The average Bonchev–Trinajstić information content (AvgIpc) is 3.51. The number of anilines is 1. The number of para-hydroxylation sites is 2. The van der Waals surface area contributed by atoms with Gasteiger partial charge in [0, 0.05) is 37.5 Å². The lowest BCUT2D eigenvalue weighted by atomic mass is 10.1. The molecule has 0 N–H and O–H groups in total. The highest BCUT2D eigenvalue weighted by Crippen LogP contribution is 2.39. The van der Waals surface area contributed by atoms with Gasteiger partial charge >= 0.3 is 0 Å². The van der Waals surface area contributed by atoms with Crippen molar-refractivity contribution in [2.24, 2.45) is 0 Å². The van der Waals surface area contributed by atoms with Gasteiger partial charge < -0.3 is 23.8 Å². The Kier molecular flexibility index (Phi) is 7.54. The van der Waals surface area contributed by atoms with E-state index in [4.69, 9.17) is 14.5 Å². The molecule has 0 bridgehead atoms. The molecule has 202 valence electrons. The van der Waals surface area contributed by atoms with Gasteiger partial charge in [-0.1, -0.05) is 42.5 Å². The maximum atomic E-state index is 13.7. The first-order chi connectivity index (χ1) is 18.9. The summed E-state index contributed by atoms with van der Waals surface area (Å²) in [5, 5.41) is 0. The van der Waals surface area contributed by atoms with E-state index in [0.29, 0.717) is 30.3 Å². The number of aromatic nitrogens is 2. The molecule has 0 saturated carbocycles. The van der Waals surface area contributed by atoms with Gasteiger partial charge in [-0.2, -0.15) is 0 Å². The molecule has 5 rings (SSSR count). The van der Waals surface area contributed by atoms with Gasteiger partial charge in [0.1, 0.15) is 23.9 Å². The van der Waals surface area contributed by atoms with E-state index >= 15 is 0 Å². The van der Waals surface area contributed by atoms with E-state index in [0.717, 1.165) is 22.4 Å². The van der Waals surface area contributed by atoms with Crippen molar-refractivity contribution < 1.29 is 19.1 Å². The Morgan fingerprint density at radius 1 is 1.03 bits per heavy atom. The monoisotopic (exact) mass is 526 g/mol. The maximum Gasteiger partial charge on any atom is 0.243 e. The Hall–Kier alpha value is -4.33. The Morgan fingerprint density at radius 2 is 1.77 bits per heavy atom. The highest BCUT2D eigenvalue weighted by atomic mass is 16.5. The molecule has 1 aromatic heterocycles. The fourth-order valence-corrected chi connectivity index (χ4v) is 5.26. The van der Waals surface area contributed by atoms with Crippen LogP contribution in [0.2, 0.25) is 0 Å². The number of benzene rings is 3. The molecule has 3 aromatic carbocycles. The van der Waals surface area contributed by atoms with Crippen LogP contribution in [0.4, 0.5) is 5.69 Å². The zero-order valence-corrected chi connectivity index (χ0v) is 22.8. The van der Waals surface area contributed by atoms with Crippen LogP contribution in [0.15, 0.2) is 72.8 Å². The average molecular weight is 527 g/mol. The van der Waals surface area contributed by atoms with E-state index in [2.05, 4.69) is 0 Å². The van der Waals surface area contributed by atoms with Crippen LogP contribution in [-0.2, 0) is 22.7 Å². The summed E-state index contributed by atoms with van der Waals surface area (Å²) in [6.45, 7) is 5.17. The third-order valence-corrected chi connectivity index (χ3v) is 7.28. The van der Waals surface area contributed by atoms with Crippen molar-refractivity contribution >= 4 is 28.5 Å². The van der Waals surface area contributed by atoms with Gasteiger partial charge in [-0.05, 0) is 43.7 Å². The van der Waals surface area contributed by atoms with Gasteiger partial charge in [-0.3, -0.25) is 9.59 Å². The van der Waals surface area contributed by atoms with Crippen molar-refractivity contribution in [2.75, 3.05) is 25.7 Å². The normalized spacial score (nSPS) is 15.3. The van der Waals surface area contributed by atoms with Crippen molar-refractivity contribution in [3.8, 4) is 11.5 Å². The second-order valence-electron chi connectivity index (χ2n) is 10.1. The molecule has 4 aromatic rings. The van der Waals surface area contributed by atoms with E-state index in [-0.39, 0.29) is 36.7 Å². The molecule has 2 heterocycles. The number of methoxy groups -OCH3 is 2. The van der Waals surface area contributed by atoms with Gasteiger partial charge in [0.25, 0.3) is 0 Å². The Labute approximate surface area is 228 Å². The lowest BCUT2D eigenvalue weighted by Gasteiger charge is -2.28. The van der Waals surface area contributed by atoms with Crippen LogP contribution in [-0.4, -0.2) is 53.1 Å². The highest BCUT2D eigenvalue weighted by Gasteiger charge is 2.36. The minimum absolute atomic E-state index is 0.00824. The van der Waals surface area contributed by atoms with Crippen LogP contribution in [0.5, 0.6) is 11.5 Å². The molecular weight excluding hydrogens is 492 g/mol. The highest BCUT2D eigenvalue weighted by molar-refractivity contribution is 5.98. The minimum Gasteiger partial charge on any atom is -0.497 e. The molecule has 1 atom stereocenters. The molecule has 1 unspecified atom stereocenters. The summed E-state index contributed by atoms with van der Waals surface area (Å²) in [5.41, 5.74) is 3.44. The lowest BCUT2D eigenvalue weighted by molar-refractivity contribution is -0.134. The van der Waals surface area contributed by atoms with E-state index in [9.17, 15) is 9.59 Å². The second kappa shape index (κ2) is 11.2. The topological polar surface area (TPSA) is 76.9 Å². The van der Waals surface area contributed by atoms with Crippen molar-refractivity contribution in [3.63, 3.8) is 0 Å². The number of nitrogens with zero attached hydrogens (tertiary/aromatic N) is 4. The quantitative estimate of drug-likeness (QED) is 0.306. The smallest absolute Gasteiger partial charge is 0.243 e. The van der Waals surface area contributed by atoms with E-state index in [1.54, 1.807) is 31.3 Å². The SMILES string of the molecule is COc1ccc(OC)c(N2CC(c3nc4ccccc4n3CC(=O)N(Cc3ccccc3)C(C)C)CC2=O)c1. The van der Waals surface area contributed by atoms with Crippen LogP contribution in [0, 0.1) is 0 Å². The third-order valence-electron chi connectivity index (χ3n) is 7.28. The van der Waals surface area contributed by atoms with Gasteiger partial charge in [0.15, 0.2) is 0 Å². The molecule has 0 spiro atoms. The molecule has 2 amide bonds. The fraction of sp³-hybridized carbons (Fsp3) is 0.323. The predicted molar refractivity (Wildman–Crippen MR) is 151 cm³/mol. The second-order valence-corrected chi connectivity index (χ2v) is 10.1. The Bertz CT molecular complexity index is 1480. The summed E-state index contributed by atoms with van der Waals surface area (Å²) in [5.74, 6) is 1.79. The molecule has 39 heavy (non-hydrogen) atoms. The molecule has 1 saturated heterocycles. The van der Waals surface area contributed by atoms with Crippen LogP contribution < -0.4 is 14.4 Å². The number of rotatable bonds is 9. The van der Waals surface area contributed by atoms with Gasteiger partial charge in [-0.15, -0.1) is 0 Å². The van der Waals surface area contributed by atoms with Crippen molar-refractivity contribution in [2.45, 2.75) is 45.3 Å². The zero-order chi connectivity index (χ0) is 27.5. The fourth-order valence-electron chi connectivity index (χ4n) is 5.26. The first kappa shape index (κ1) is 26.3. The van der Waals surface area contributed by atoms with E-state index in [1.807, 2.05) is 84.0 Å². The molecule has 0 radical (unpaired) electrons. The van der Waals surface area contributed by atoms with Crippen molar-refractivity contribution in [3.05, 3.63) is 84.2 Å². The summed E-state index contributed by atoms with van der Waals surface area (Å²) < 4.78 is 12.9. The van der Waals surface area contributed by atoms with Crippen molar-refractivity contribution in [1.29, 1.82) is 0 Å². The summed E-state index contributed by atoms with van der Waals surface area (Å²) >= 11 is 0. The zero-order valence-electron chi connectivity index (χ0n) is 22.8. The standard InChI is InChI=1S/C31H34N4O4/c1-21(2)33(18-22-10-6-5-7-11-22)30(37)20-35-26-13-9-8-12-25(26)32-31(35)23-16-29(36)34(19-23)27-17-24(38-3)14-15-28(27)39-4/h5-15,17,21,23H,16,18-20H2,1-4H3. The minimum atomic E-state index is -0.185. The Balaban J connectivity index is 1.47. The largest absolute Gasteiger partial charge is 0.497 e. The van der Waals surface area contributed by atoms with E-state index < -0.39 is 0 Å². The number of ether oxygens (including phenoxy) is 2. The first-order valence-electron chi connectivity index (χ1n) is 13.2. The third kappa shape index (κ3) is 5.32. The first-order valence-corrected chi connectivity index (χ1v) is 13.2. The summed E-state index contributed by atoms with van der Waals surface area (Å²) in [6, 6.07) is 23.3. The van der Waals surface area contributed by atoms with Crippen molar-refractivity contribution in [1.82, 2.24) is 14.5 Å². The van der Waals surface area contributed by atoms with Crippen LogP contribution >= 0.6 is 0 Å². The lowest BCUT2D eigenvalue weighted by Crippen LogP contribution is -2.39. The molecule has 1 fully saturated rings. The molecular formula is C31H34N4O4. The number of carbonyl (C=O) groups is 2. The predicted octanol–water partition coefficient (Wildman–Crippen LogP) is 5.01. The van der Waals surface area contributed by atoms with Gasteiger partial charge in [0.2, 0.25) is 11.8 Å². The Morgan fingerprint density at radius 3 is 2.49 bits per heavy atom. The summed E-state index contributed by atoms with van der Waals surface area (Å²) in [6.07, 6.45) is 0.287. The van der Waals surface area contributed by atoms with E-state index in [1.165, 1.54) is 0 Å². The van der Waals surface area contributed by atoms with Gasteiger partial charge in [-0.25, -0.2) is 4.98 Å². The van der Waals surface area contributed by atoms with Crippen LogP contribution in [0.1, 0.15) is 37.6 Å². The maximum absolute atomic E-state index is 13.7. The number of hydrogen-bond donors (Lipinski definition) is 0. The number of hydrogen-bond acceptors (Lipinski definition) is 5. The summed E-state index contributed by atoms with van der Waals surface area (Å²) in [7, 11) is 3.18. The molecule has 1 aliphatic heterocycles. The molecule has 8 heteroatoms. The molecule has 0 aliphatic carbocycles. The number of carbonyl (C=O) groups excluding carboxylic acids is 2. The van der Waals surface area contributed by atoms with Crippen LogP contribution in [0.3, 0.4) is 0 Å². The number of fused-ring (bicyclic) bond motifs is 1. The molecule has 8 nitrogen and oxygen atoms in total. The number of imidazole rings is 1. The summed E-state index contributed by atoms with van der Waals surface area (Å²) in [4.78, 5) is 35.6. The van der Waals surface area contributed by atoms with Gasteiger partial charge in [0.05, 0.1) is 30.9 Å². The van der Waals surface area contributed by atoms with Crippen LogP contribution in [0.25, 0.3) is 11.0 Å².